The third kappa shape index (κ3) is 3.92. The number of aryl methyl sites for hydroxylation is 1. The van der Waals surface area contributed by atoms with Crippen LogP contribution in [0.4, 0.5) is 5.69 Å². The van der Waals surface area contributed by atoms with Crippen molar-refractivity contribution in [2.45, 2.75) is 16.2 Å². The van der Waals surface area contributed by atoms with Gasteiger partial charge in [0.1, 0.15) is 4.90 Å². The van der Waals surface area contributed by atoms with Crippen LogP contribution >= 0.6 is 0 Å². The normalized spacial score (nSPS) is 17.3. The zero-order chi connectivity index (χ0) is 20.5. The molecule has 1 aliphatic heterocycles. The van der Waals surface area contributed by atoms with E-state index in [-0.39, 0.29) is 41.7 Å². The number of non-ortho nitro benzene ring substituents is 1. The first-order chi connectivity index (χ1) is 13.1. The van der Waals surface area contributed by atoms with Crippen molar-refractivity contribution in [1.29, 1.82) is 0 Å². The Bertz CT molecular complexity index is 1080. The van der Waals surface area contributed by atoms with Crippen LogP contribution in [0.1, 0.15) is 6.42 Å². The van der Waals surface area contributed by atoms with E-state index in [0.29, 0.717) is 6.42 Å². The summed E-state index contributed by atoms with van der Waals surface area (Å²) in [6, 6.07) is 4.62. The van der Waals surface area contributed by atoms with E-state index in [4.69, 9.17) is 0 Å². The maximum atomic E-state index is 12.8. The number of hydrogen-bond donors (Lipinski definition) is 0. The quantitative estimate of drug-likeness (QED) is 0.496. The zero-order valence-corrected chi connectivity index (χ0v) is 16.6. The number of nitro benzene ring substituents is 1. The van der Waals surface area contributed by atoms with Crippen LogP contribution in [0.3, 0.4) is 0 Å². The minimum atomic E-state index is -3.88. The lowest BCUT2D eigenvalue weighted by molar-refractivity contribution is -0.384. The third-order valence-corrected chi connectivity index (χ3v) is 8.18. The number of sulfonamides is 2. The monoisotopic (exact) mass is 429 g/mol. The topological polar surface area (TPSA) is 136 Å². The Labute approximate surface area is 162 Å². The van der Waals surface area contributed by atoms with Gasteiger partial charge in [0.15, 0.2) is 0 Å². The molecule has 1 fully saturated rings. The summed E-state index contributed by atoms with van der Waals surface area (Å²) in [6.07, 6.45) is 2.98. The first-order valence-corrected chi connectivity index (χ1v) is 11.2. The lowest BCUT2D eigenvalue weighted by atomic mass is 10.3. The van der Waals surface area contributed by atoms with Gasteiger partial charge < -0.3 is 0 Å². The number of aromatic nitrogens is 2. The predicted molar refractivity (Wildman–Crippen MR) is 98.4 cm³/mol. The van der Waals surface area contributed by atoms with Crippen LogP contribution in [0.5, 0.6) is 0 Å². The van der Waals surface area contributed by atoms with E-state index in [2.05, 4.69) is 5.10 Å². The molecule has 1 aromatic carbocycles. The molecule has 0 N–H and O–H groups in total. The molecule has 0 saturated carbocycles. The Hall–Kier alpha value is -2.35. The molecule has 0 unspecified atom stereocenters. The van der Waals surface area contributed by atoms with Crippen LogP contribution in [0.15, 0.2) is 46.5 Å². The van der Waals surface area contributed by atoms with Crippen LogP contribution in [0.25, 0.3) is 0 Å². The summed E-state index contributed by atoms with van der Waals surface area (Å²) in [4.78, 5) is 10.1. The van der Waals surface area contributed by atoms with Gasteiger partial charge >= 0.3 is 0 Å². The van der Waals surface area contributed by atoms with Crippen molar-refractivity contribution < 1.29 is 21.8 Å². The number of benzene rings is 1. The highest BCUT2D eigenvalue weighted by atomic mass is 32.2. The first-order valence-electron chi connectivity index (χ1n) is 8.36. The molecule has 0 spiro atoms. The summed E-state index contributed by atoms with van der Waals surface area (Å²) in [6.45, 7) is 0.324. The van der Waals surface area contributed by atoms with Crippen LogP contribution in [0.2, 0.25) is 0 Å². The van der Waals surface area contributed by atoms with E-state index in [1.807, 2.05) is 0 Å². The fraction of sp³-hybridized carbons (Fsp3) is 0.400. The fourth-order valence-corrected chi connectivity index (χ4v) is 5.85. The van der Waals surface area contributed by atoms with Crippen LogP contribution in [0, 0.1) is 10.1 Å². The number of hydrogen-bond acceptors (Lipinski definition) is 7. The fourth-order valence-electron chi connectivity index (χ4n) is 2.92. The third-order valence-electron chi connectivity index (χ3n) is 4.42. The van der Waals surface area contributed by atoms with Crippen molar-refractivity contribution in [2.75, 3.05) is 26.2 Å². The second-order valence-corrected chi connectivity index (χ2v) is 10.1. The van der Waals surface area contributed by atoms with E-state index in [1.165, 1.54) is 37.8 Å². The molecule has 0 bridgehead atoms. The van der Waals surface area contributed by atoms with E-state index < -0.39 is 25.0 Å². The Kier molecular flexibility index (Phi) is 5.52. The Morgan fingerprint density at radius 3 is 1.93 bits per heavy atom. The first kappa shape index (κ1) is 20.4. The van der Waals surface area contributed by atoms with Crippen molar-refractivity contribution in [3.63, 3.8) is 0 Å². The second kappa shape index (κ2) is 7.58. The highest BCUT2D eigenvalue weighted by molar-refractivity contribution is 7.89. The Morgan fingerprint density at radius 1 is 0.929 bits per heavy atom. The maximum absolute atomic E-state index is 12.8. The average Bonchev–Trinajstić information content (AvgIpc) is 2.93. The minimum Gasteiger partial charge on any atom is -0.274 e. The molecule has 3 rings (SSSR count). The molecule has 2 aromatic rings. The number of nitrogens with zero attached hydrogens (tertiary/aromatic N) is 5. The molecule has 28 heavy (non-hydrogen) atoms. The Balaban J connectivity index is 1.78. The Morgan fingerprint density at radius 2 is 1.46 bits per heavy atom. The highest BCUT2D eigenvalue weighted by Gasteiger charge is 2.32. The summed E-state index contributed by atoms with van der Waals surface area (Å²) in [5, 5.41) is 14.6. The van der Waals surface area contributed by atoms with Crippen LogP contribution in [-0.4, -0.2) is 66.3 Å². The molecule has 1 saturated heterocycles. The molecule has 0 aliphatic carbocycles. The van der Waals surface area contributed by atoms with Crippen LogP contribution < -0.4 is 0 Å². The second-order valence-electron chi connectivity index (χ2n) is 6.26. The molecule has 2 heterocycles. The van der Waals surface area contributed by atoms with Gasteiger partial charge in [0, 0.05) is 51.6 Å². The molecule has 1 aliphatic rings. The van der Waals surface area contributed by atoms with Gasteiger partial charge in [-0.2, -0.15) is 13.7 Å². The van der Waals surface area contributed by atoms with Gasteiger partial charge in [0.05, 0.1) is 16.0 Å². The van der Waals surface area contributed by atoms with Gasteiger partial charge in [-0.1, -0.05) is 0 Å². The van der Waals surface area contributed by atoms with Crippen molar-refractivity contribution >= 4 is 25.7 Å². The minimum absolute atomic E-state index is 0.00341. The van der Waals surface area contributed by atoms with E-state index in [1.54, 1.807) is 7.05 Å². The molecule has 152 valence electrons. The molecule has 13 heteroatoms. The summed E-state index contributed by atoms with van der Waals surface area (Å²) in [7, 11) is -6.03. The van der Waals surface area contributed by atoms with Gasteiger partial charge in [0.2, 0.25) is 20.0 Å². The van der Waals surface area contributed by atoms with Crippen LogP contribution in [-0.2, 0) is 27.1 Å². The molecular formula is C15H19N5O6S2. The summed E-state index contributed by atoms with van der Waals surface area (Å²) in [5.41, 5.74) is -0.205. The summed E-state index contributed by atoms with van der Waals surface area (Å²) >= 11 is 0. The SMILES string of the molecule is Cn1cc(S(=O)(=O)N2CCCN(S(=O)(=O)c3ccc([N+](=O)[O-])cc3)CC2)cn1. The molecule has 0 amide bonds. The average molecular weight is 429 g/mol. The number of nitro groups is 1. The predicted octanol–water partition coefficient (Wildman–Crippen LogP) is 0.414. The van der Waals surface area contributed by atoms with Crippen molar-refractivity contribution in [1.82, 2.24) is 18.4 Å². The van der Waals surface area contributed by atoms with E-state index in [0.717, 1.165) is 12.1 Å². The number of rotatable bonds is 5. The van der Waals surface area contributed by atoms with E-state index in [9.17, 15) is 26.9 Å². The molecule has 0 atom stereocenters. The van der Waals surface area contributed by atoms with Crippen molar-refractivity contribution in [2.24, 2.45) is 7.05 Å². The summed E-state index contributed by atoms with van der Waals surface area (Å²) < 4.78 is 54.9. The van der Waals surface area contributed by atoms with Crippen molar-refractivity contribution in [3.8, 4) is 0 Å². The lowest BCUT2D eigenvalue weighted by Crippen LogP contribution is -2.37. The smallest absolute Gasteiger partial charge is 0.269 e. The largest absolute Gasteiger partial charge is 0.274 e. The molecular weight excluding hydrogens is 410 g/mol. The lowest BCUT2D eigenvalue weighted by Gasteiger charge is -2.21. The summed E-state index contributed by atoms with van der Waals surface area (Å²) in [5.74, 6) is 0. The van der Waals surface area contributed by atoms with Crippen molar-refractivity contribution in [3.05, 3.63) is 46.8 Å². The van der Waals surface area contributed by atoms with E-state index >= 15 is 0 Å². The standard InChI is InChI=1S/C15H19N5O6S2/c1-17-12-15(11-16-17)28(25,26)19-8-2-7-18(9-10-19)27(23,24)14-5-3-13(4-6-14)20(21)22/h3-6,11-12H,2,7-10H2,1H3. The molecule has 1 aromatic heterocycles. The zero-order valence-electron chi connectivity index (χ0n) is 15.0. The molecule has 0 radical (unpaired) electrons. The highest BCUT2D eigenvalue weighted by Crippen LogP contribution is 2.22. The van der Waals surface area contributed by atoms with Gasteiger partial charge in [-0.3, -0.25) is 14.8 Å². The maximum Gasteiger partial charge on any atom is 0.269 e. The van der Waals surface area contributed by atoms with Gasteiger partial charge in [0.25, 0.3) is 5.69 Å². The molecule has 11 nitrogen and oxygen atoms in total. The van der Waals surface area contributed by atoms with Gasteiger partial charge in [-0.15, -0.1) is 0 Å². The van der Waals surface area contributed by atoms with Gasteiger partial charge in [-0.05, 0) is 18.6 Å². The van der Waals surface area contributed by atoms with Gasteiger partial charge in [-0.25, -0.2) is 16.8 Å².